The molecule has 2 aromatic rings. The number of benzene rings is 1. The highest BCUT2D eigenvalue weighted by molar-refractivity contribution is 7.13. The van der Waals surface area contributed by atoms with Gasteiger partial charge in [0.25, 0.3) is 0 Å². The van der Waals surface area contributed by atoms with Gasteiger partial charge in [0.1, 0.15) is 5.01 Å². The van der Waals surface area contributed by atoms with Crippen molar-refractivity contribution in [2.24, 2.45) is 0 Å². The van der Waals surface area contributed by atoms with Gasteiger partial charge in [-0.25, -0.2) is 4.98 Å². The van der Waals surface area contributed by atoms with E-state index in [4.69, 9.17) is 5.11 Å². The Kier molecular flexibility index (Phi) is 2.38. The Balaban J connectivity index is 2.41. The molecule has 0 unspecified atom stereocenters. The van der Waals surface area contributed by atoms with Crippen LogP contribution in [-0.4, -0.2) is 10.1 Å². The van der Waals surface area contributed by atoms with Crippen LogP contribution < -0.4 is 0 Å². The molecule has 1 N–H and O–H groups in total. The summed E-state index contributed by atoms with van der Waals surface area (Å²) < 4.78 is 0. The zero-order valence-electron chi connectivity index (χ0n) is 6.97. The van der Waals surface area contributed by atoms with Crippen molar-refractivity contribution in [3.8, 4) is 10.6 Å². The van der Waals surface area contributed by atoms with Crippen molar-refractivity contribution in [1.29, 1.82) is 0 Å². The van der Waals surface area contributed by atoms with E-state index in [1.165, 1.54) is 0 Å². The van der Waals surface area contributed by atoms with E-state index in [1.807, 2.05) is 29.6 Å². The molecule has 0 saturated carbocycles. The zero-order chi connectivity index (χ0) is 9.10. The van der Waals surface area contributed by atoms with Crippen molar-refractivity contribution in [2.45, 2.75) is 6.61 Å². The highest BCUT2D eigenvalue weighted by Gasteiger charge is 1.99. The number of hydrogen-bond donors (Lipinski definition) is 1. The van der Waals surface area contributed by atoms with Gasteiger partial charge in [-0.05, 0) is 11.6 Å². The quantitative estimate of drug-likeness (QED) is 0.790. The molecule has 0 fully saturated rings. The molecule has 0 radical (unpaired) electrons. The van der Waals surface area contributed by atoms with Crippen molar-refractivity contribution >= 4 is 11.3 Å². The second kappa shape index (κ2) is 3.68. The summed E-state index contributed by atoms with van der Waals surface area (Å²) in [6, 6.07) is 7.79. The van der Waals surface area contributed by atoms with Gasteiger partial charge in [-0.2, -0.15) is 0 Å². The zero-order valence-corrected chi connectivity index (χ0v) is 7.79. The summed E-state index contributed by atoms with van der Waals surface area (Å²) in [6.07, 6.45) is 1.78. The highest BCUT2D eigenvalue weighted by Crippen LogP contribution is 2.22. The Hall–Kier alpha value is -1.19. The van der Waals surface area contributed by atoms with Crippen LogP contribution in [0.1, 0.15) is 5.56 Å². The first-order chi connectivity index (χ1) is 6.40. The summed E-state index contributed by atoms with van der Waals surface area (Å²) in [5, 5.41) is 11.9. The molecule has 0 amide bonds. The topological polar surface area (TPSA) is 33.1 Å². The molecule has 13 heavy (non-hydrogen) atoms. The van der Waals surface area contributed by atoms with Crippen LogP contribution in [0.15, 0.2) is 35.8 Å². The van der Waals surface area contributed by atoms with E-state index in [-0.39, 0.29) is 6.61 Å². The average molecular weight is 191 g/mol. The molecule has 1 heterocycles. The van der Waals surface area contributed by atoms with Gasteiger partial charge < -0.3 is 5.11 Å². The fraction of sp³-hybridized carbons (Fsp3) is 0.100. The van der Waals surface area contributed by atoms with Crippen LogP contribution in [0.3, 0.4) is 0 Å². The smallest absolute Gasteiger partial charge is 0.123 e. The lowest BCUT2D eigenvalue weighted by Crippen LogP contribution is -1.83. The largest absolute Gasteiger partial charge is 0.392 e. The molecule has 0 aliphatic carbocycles. The van der Waals surface area contributed by atoms with E-state index in [0.717, 1.165) is 16.1 Å². The van der Waals surface area contributed by atoms with Crippen molar-refractivity contribution in [3.63, 3.8) is 0 Å². The van der Waals surface area contributed by atoms with Gasteiger partial charge in [-0.3, -0.25) is 0 Å². The second-order valence-electron chi connectivity index (χ2n) is 2.70. The summed E-state index contributed by atoms with van der Waals surface area (Å²) >= 11 is 1.60. The maximum Gasteiger partial charge on any atom is 0.123 e. The van der Waals surface area contributed by atoms with E-state index >= 15 is 0 Å². The van der Waals surface area contributed by atoms with Crippen molar-refractivity contribution in [1.82, 2.24) is 4.98 Å². The van der Waals surface area contributed by atoms with E-state index in [1.54, 1.807) is 17.5 Å². The Labute approximate surface area is 80.5 Å². The molecule has 0 spiro atoms. The second-order valence-corrected chi connectivity index (χ2v) is 3.59. The first-order valence-electron chi connectivity index (χ1n) is 4.00. The summed E-state index contributed by atoms with van der Waals surface area (Å²) in [5.74, 6) is 0. The first-order valence-corrected chi connectivity index (χ1v) is 4.88. The van der Waals surface area contributed by atoms with Gasteiger partial charge in [0.15, 0.2) is 0 Å². The standard InChI is InChI=1S/C10H9NOS/c12-7-8-2-1-3-9(6-8)10-11-4-5-13-10/h1-6,12H,7H2. The fourth-order valence-corrected chi connectivity index (χ4v) is 1.80. The van der Waals surface area contributed by atoms with Crippen molar-refractivity contribution < 1.29 is 5.11 Å². The lowest BCUT2D eigenvalue weighted by atomic mass is 10.1. The van der Waals surface area contributed by atoms with E-state index in [2.05, 4.69) is 4.98 Å². The van der Waals surface area contributed by atoms with Crippen molar-refractivity contribution in [2.75, 3.05) is 0 Å². The average Bonchev–Trinajstić information content (AvgIpc) is 2.71. The minimum atomic E-state index is 0.0826. The van der Waals surface area contributed by atoms with Gasteiger partial charge in [-0.1, -0.05) is 18.2 Å². The van der Waals surface area contributed by atoms with Gasteiger partial charge >= 0.3 is 0 Å². The van der Waals surface area contributed by atoms with Crippen LogP contribution in [0.2, 0.25) is 0 Å². The van der Waals surface area contributed by atoms with Crippen LogP contribution in [0.4, 0.5) is 0 Å². The molecule has 2 nitrogen and oxygen atoms in total. The lowest BCUT2D eigenvalue weighted by Gasteiger charge is -1.98. The number of rotatable bonds is 2. The van der Waals surface area contributed by atoms with Crippen LogP contribution in [0.5, 0.6) is 0 Å². The Morgan fingerprint density at radius 3 is 3.00 bits per heavy atom. The molecular weight excluding hydrogens is 182 g/mol. The molecule has 0 bridgehead atoms. The Morgan fingerprint density at radius 1 is 1.38 bits per heavy atom. The number of hydrogen-bond acceptors (Lipinski definition) is 3. The molecule has 1 aromatic heterocycles. The first kappa shape index (κ1) is 8.41. The van der Waals surface area contributed by atoms with Crippen LogP contribution in [-0.2, 0) is 6.61 Å². The lowest BCUT2D eigenvalue weighted by molar-refractivity contribution is 0.282. The maximum absolute atomic E-state index is 8.94. The fourth-order valence-electron chi connectivity index (χ4n) is 1.17. The molecule has 3 heteroatoms. The van der Waals surface area contributed by atoms with Crippen molar-refractivity contribution in [3.05, 3.63) is 41.4 Å². The van der Waals surface area contributed by atoms with Crippen LogP contribution in [0.25, 0.3) is 10.6 Å². The summed E-state index contributed by atoms with van der Waals surface area (Å²) in [7, 11) is 0. The number of nitrogens with zero attached hydrogens (tertiary/aromatic N) is 1. The Morgan fingerprint density at radius 2 is 2.31 bits per heavy atom. The monoisotopic (exact) mass is 191 g/mol. The predicted octanol–water partition coefficient (Wildman–Crippen LogP) is 2.30. The maximum atomic E-state index is 8.94. The number of aliphatic hydroxyl groups is 1. The molecule has 0 aliphatic rings. The number of aliphatic hydroxyl groups excluding tert-OH is 1. The van der Waals surface area contributed by atoms with Crippen LogP contribution >= 0.6 is 11.3 Å². The summed E-state index contributed by atoms with van der Waals surface area (Å²) in [4.78, 5) is 4.20. The molecule has 2 rings (SSSR count). The number of thiazole rings is 1. The minimum Gasteiger partial charge on any atom is -0.392 e. The third-order valence-electron chi connectivity index (χ3n) is 1.79. The van der Waals surface area contributed by atoms with Gasteiger partial charge in [-0.15, -0.1) is 11.3 Å². The minimum absolute atomic E-state index is 0.0826. The van der Waals surface area contributed by atoms with E-state index in [9.17, 15) is 0 Å². The highest BCUT2D eigenvalue weighted by atomic mass is 32.1. The third kappa shape index (κ3) is 1.76. The SMILES string of the molecule is OCc1cccc(-c2nccs2)c1. The third-order valence-corrected chi connectivity index (χ3v) is 2.61. The van der Waals surface area contributed by atoms with Crippen LogP contribution in [0, 0.1) is 0 Å². The normalized spacial score (nSPS) is 10.2. The van der Waals surface area contributed by atoms with E-state index in [0.29, 0.717) is 0 Å². The Bertz CT molecular complexity index is 384. The molecule has 0 saturated heterocycles. The molecule has 66 valence electrons. The molecule has 0 atom stereocenters. The summed E-state index contributed by atoms with van der Waals surface area (Å²) in [6.45, 7) is 0.0826. The molecule has 1 aromatic carbocycles. The van der Waals surface area contributed by atoms with Gasteiger partial charge in [0.05, 0.1) is 6.61 Å². The number of aromatic nitrogens is 1. The van der Waals surface area contributed by atoms with E-state index < -0.39 is 0 Å². The molecule has 0 aliphatic heterocycles. The molecular formula is C10H9NOS. The summed E-state index contributed by atoms with van der Waals surface area (Å²) in [5.41, 5.74) is 1.99. The predicted molar refractivity (Wildman–Crippen MR) is 53.5 cm³/mol. The van der Waals surface area contributed by atoms with Gasteiger partial charge in [0.2, 0.25) is 0 Å². The van der Waals surface area contributed by atoms with Gasteiger partial charge in [0, 0.05) is 17.1 Å².